The van der Waals surface area contributed by atoms with Crippen molar-refractivity contribution in [2.75, 3.05) is 66.8 Å². The van der Waals surface area contributed by atoms with Crippen molar-refractivity contribution in [3.8, 4) is 0 Å². The van der Waals surface area contributed by atoms with Crippen LogP contribution in [0.15, 0.2) is 12.2 Å². The van der Waals surface area contributed by atoms with Crippen molar-refractivity contribution in [3.05, 3.63) is 12.2 Å². The lowest BCUT2D eigenvalue weighted by atomic mass is 10.1. The van der Waals surface area contributed by atoms with E-state index in [0.717, 1.165) is 96.3 Å². The molecule has 1 N–H and O–H groups in total. The van der Waals surface area contributed by atoms with Crippen LogP contribution in [0, 0.1) is 11.8 Å². The number of likely N-dealkylation sites (N-methyl/N-ethyl adjacent to an activating group) is 1. The topological polar surface area (TPSA) is 185 Å². The summed E-state index contributed by atoms with van der Waals surface area (Å²) in [6.45, 7) is 6.00. The molecule has 1 amide bonds. The number of nitrogens with zero attached hydrogens (tertiary/aromatic N) is 2. The monoisotopic (exact) mass is 897 g/mol. The van der Waals surface area contributed by atoms with E-state index in [-0.39, 0.29) is 89.5 Å². The molecule has 1 unspecified atom stereocenters. The van der Waals surface area contributed by atoms with Crippen LogP contribution in [0.5, 0.6) is 0 Å². The first-order valence-corrected chi connectivity index (χ1v) is 24.1. The van der Waals surface area contributed by atoms with Gasteiger partial charge in [-0.25, -0.2) is 4.79 Å². The minimum Gasteiger partial charge on any atom is -0.465 e. The van der Waals surface area contributed by atoms with Gasteiger partial charge in [0.05, 0.1) is 45.8 Å². The molecule has 0 saturated carbocycles. The normalized spacial score (nSPS) is 15.5. The molecule has 1 heterocycles. The Morgan fingerprint density at radius 3 is 1.29 bits per heavy atom. The maximum atomic E-state index is 13.5. The number of carbonyl (C=O) groups excluding carboxylic acids is 6. The Bertz CT molecular complexity index is 1260. The summed E-state index contributed by atoms with van der Waals surface area (Å²) in [5.41, 5.74) is 0. The summed E-state index contributed by atoms with van der Waals surface area (Å²) in [6.07, 6.45) is 19.2. The van der Waals surface area contributed by atoms with Gasteiger partial charge in [0.15, 0.2) is 0 Å². The maximum absolute atomic E-state index is 13.5. The summed E-state index contributed by atoms with van der Waals surface area (Å²) in [5.74, 6) is -3.83. The molecule has 63 heavy (non-hydrogen) atoms. The van der Waals surface area contributed by atoms with Gasteiger partial charge in [-0.2, -0.15) is 0 Å². The van der Waals surface area contributed by atoms with E-state index < -0.39 is 48.7 Å². The van der Waals surface area contributed by atoms with Gasteiger partial charge in [-0.3, -0.25) is 24.0 Å². The first-order valence-electron chi connectivity index (χ1n) is 24.1. The summed E-state index contributed by atoms with van der Waals surface area (Å²) in [6, 6.07) is 0. The van der Waals surface area contributed by atoms with Crippen molar-refractivity contribution < 1.29 is 62.3 Å². The van der Waals surface area contributed by atoms with Crippen LogP contribution >= 0.6 is 0 Å². The largest absolute Gasteiger partial charge is 0.465 e. The number of amides is 1. The van der Waals surface area contributed by atoms with E-state index in [2.05, 4.69) is 20.8 Å². The average Bonchev–Trinajstić information content (AvgIpc) is 3.45. The van der Waals surface area contributed by atoms with Gasteiger partial charge < -0.3 is 43.3 Å². The molecule has 0 spiro atoms. The smallest absolute Gasteiger partial charge is 0.410 e. The van der Waals surface area contributed by atoms with Gasteiger partial charge in [-0.05, 0) is 45.5 Å². The van der Waals surface area contributed by atoms with Crippen LogP contribution in [0.3, 0.4) is 0 Å². The van der Waals surface area contributed by atoms with E-state index in [0.29, 0.717) is 19.4 Å². The van der Waals surface area contributed by atoms with Crippen LogP contribution in [0.25, 0.3) is 0 Å². The quantitative estimate of drug-likeness (QED) is 0.0272. The van der Waals surface area contributed by atoms with Crippen molar-refractivity contribution in [3.63, 3.8) is 0 Å². The SMILES string of the molecule is CCCCCCCCC(=O)OCC(CO)CC(=O)O[C@H]1C=C[C@H](OC(=O)CC(COC(=O)CCCCCCCC)COC(=O)CCCCCCCC)CN(C(=O)OCCN(C)C)C1. The van der Waals surface area contributed by atoms with Crippen LogP contribution in [0.4, 0.5) is 4.79 Å². The minimum absolute atomic E-state index is 0.0945. The fraction of sp³-hybridized carbons (Fsp3) is 0.833. The second kappa shape index (κ2) is 37.6. The predicted octanol–water partition coefficient (Wildman–Crippen LogP) is 8.27. The van der Waals surface area contributed by atoms with Crippen LogP contribution in [0.2, 0.25) is 0 Å². The van der Waals surface area contributed by atoms with Crippen LogP contribution < -0.4 is 0 Å². The Morgan fingerprint density at radius 1 is 0.540 bits per heavy atom. The molecule has 0 aromatic rings. The van der Waals surface area contributed by atoms with E-state index in [4.69, 9.17) is 28.4 Å². The zero-order valence-corrected chi connectivity index (χ0v) is 39.6. The van der Waals surface area contributed by atoms with Gasteiger partial charge in [-0.15, -0.1) is 0 Å². The second-order valence-corrected chi connectivity index (χ2v) is 17.2. The molecule has 0 aromatic heterocycles. The summed E-state index contributed by atoms with van der Waals surface area (Å²) in [4.78, 5) is 80.4. The standard InChI is InChI=1S/C48H84N2O13/c1-6-9-12-15-18-21-24-43(52)59-36-39(35-51)31-46(55)62-41-27-28-42(34-50(33-41)48(57)58-30-29-49(4)5)63-47(56)32-40(37-60-44(53)25-22-19-16-13-10-7-2)38-61-45(54)26-23-20-17-14-11-8-3/h27-28,39-42,51H,6-26,29-38H2,1-5H3/t39?,41-,42-/m0/s1. The van der Waals surface area contributed by atoms with Crippen molar-refractivity contribution in [1.29, 1.82) is 0 Å². The maximum Gasteiger partial charge on any atom is 0.410 e. The number of aliphatic hydroxyl groups excluding tert-OH is 1. The summed E-state index contributed by atoms with van der Waals surface area (Å²) < 4.78 is 33.4. The fourth-order valence-corrected chi connectivity index (χ4v) is 6.83. The predicted molar refractivity (Wildman–Crippen MR) is 241 cm³/mol. The fourth-order valence-electron chi connectivity index (χ4n) is 6.83. The zero-order chi connectivity index (χ0) is 46.5. The number of unbranched alkanes of at least 4 members (excludes halogenated alkanes) is 15. The average molecular weight is 897 g/mol. The zero-order valence-electron chi connectivity index (χ0n) is 39.6. The molecule has 3 atom stereocenters. The summed E-state index contributed by atoms with van der Waals surface area (Å²) in [7, 11) is 3.68. The van der Waals surface area contributed by atoms with Gasteiger partial charge in [0, 0.05) is 44.2 Å². The molecular weight excluding hydrogens is 813 g/mol. The van der Waals surface area contributed by atoms with E-state index in [1.54, 1.807) is 0 Å². The van der Waals surface area contributed by atoms with Crippen LogP contribution in [-0.2, 0) is 52.4 Å². The lowest BCUT2D eigenvalue weighted by Gasteiger charge is -2.26. The lowest BCUT2D eigenvalue weighted by Crippen LogP contribution is -2.42. The lowest BCUT2D eigenvalue weighted by molar-refractivity contribution is -0.156. The first-order chi connectivity index (χ1) is 30.4. The van der Waals surface area contributed by atoms with Gasteiger partial charge in [0.1, 0.15) is 18.8 Å². The number of carbonyl (C=O) groups is 6. The molecule has 0 fully saturated rings. The van der Waals surface area contributed by atoms with Gasteiger partial charge >= 0.3 is 35.9 Å². The molecule has 0 saturated heterocycles. The highest BCUT2D eigenvalue weighted by molar-refractivity contribution is 5.73. The number of esters is 5. The molecule has 0 bridgehead atoms. The summed E-state index contributed by atoms with van der Waals surface area (Å²) >= 11 is 0. The van der Waals surface area contributed by atoms with Gasteiger partial charge in [0.2, 0.25) is 0 Å². The van der Waals surface area contributed by atoms with Crippen molar-refractivity contribution in [2.45, 2.75) is 181 Å². The van der Waals surface area contributed by atoms with E-state index in [1.807, 2.05) is 19.0 Å². The van der Waals surface area contributed by atoms with E-state index >= 15 is 0 Å². The van der Waals surface area contributed by atoms with Gasteiger partial charge in [0.25, 0.3) is 0 Å². The molecule has 0 aliphatic carbocycles. The molecule has 1 aliphatic rings. The molecule has 1 rings (SSSR count). The number of hydrogen-bond acceptors (Lipinski definition) is 14. The molecule has 1 aliphatic heterocycles. The molecule has 364 valence electrons. The minimum atomic E-state index is -0.954. The molecule has 15 heteroatoms. The Labute approximate surface area is 378 Å². The van der Waals surface area contributed by atoms with Crippen LogP contribution in [-0.4, -0.2) is 130 Å². The third-order valence-corrected chi connectivity index (χ3v) is 10.7. The third-order valence-electron chi connectivity index (χ3n) is 10.7. The summed E-state index contributed by atoms with van der Waals surface area (Å²) in [5, 5.41) is 9.93. The van der Waals surface area contributed by atoms with Crippen LogP contribution in [0.1, 0.15) is 168 Å². The molecule has 15 nitrogen and oxygen atoms in total. The van der Waals surface area contributed by atoms with Crippen molar-refractivity contribution in [1.82, 2.24) is 9.80 Å². The van der Waals surface area contributed by atoms with Crippen molar-refractivity contribution >= 4 is 35.9 Å². The Morgan fingerprint density at radius 2 is 0.905 bits per heavy atom. The number of rotatable bonds is 37. The van der Waals surface area contributed by atoms with E-state index in [9.17, 15) is 33.9 Å². The molecular formula is C48H84N2O13. The highest BCUT2D eigenvalue weighted by atomic mass is 16.6. The Hall–Kier alpha value is -3.72. The Kier molecular flexibility index (Phi) is 34.2. The molecule has 0 radical (unpaired) electrons. The Balaban J connectivity index is 2.94. The van der Waals surface area contributed by atoms with Crippen molar-refractivity contribution in [2.24, 2.45) is 11.8 Å². The highest BCUT2D eigenvalue weighted by Gasteiger charge is 2.30. The number of ether oxygens (including phenoxy) is 6. The first kappa shape index (κ1) is 57.3. The highest BCUT2D eigenvalue weighted by Crippen LogP contribution is 2.18. The van der Waals surface area contributed by atoms with E-state index in [1.165, 1.54) is 23.5 Å². The molecule has 0 aromatic carbocycles. The number of aliphatic hydroxyl groups is 1. The number of hydrogen-bond donors (Lipinski definition) is 1. The second-order valence-electron chi connectivity index (χ2n) is 17.2. The third kappa shape index (κ3) is 31.7. The van der Waals surface area contributed by atoms with Gasteiger partial charge in [-0.1, -0.05) is 117 Å².